The van der Waals surface area contributed by atoms with Gasteiger partial charge in [0.1, 0.15) is 17.0 Å². The lowest BCUT2D eigenvalue weighted by Crippen LogP contribution is -2.58. The van der Waals surface area contributed by atoms with E-state index in [9.17, 15) is 29.7 Å². The van der Waals surface area contributed by atoms with Crippen LogP contribution in [-0.2, 0) is 20.8 Å². The third-order valence-electron chi connectivity index (χ3n) is 7.75. The van der Waals surface area contributed by atoms with E-state index in [1.54, 1.807) is 24.3 Å². The highest BCUT2D eigenvalue weighted by molar-refractivity contribution is 9.10. The summed E-state index contributed by atoms with van der Waals surface area (Å²) in [6.45, 7) is 0. The quantitative estimate of drug-likeness (QED) is 0.425. The number of aromatic hydroxyl groups is 2. The van der Waals surface area contributed by atoms with Crippen molar-refractivity contribution in [3.05, 3.63) is 58.1 Å². The SMILES string of the molecule is O=C1C2C(c3cc(Br)ccc3O)NC(Cc3ccc(O)cc3)(C(=O)O)C2C(=O)N1C1CCCCC1. The molecule has 4 unspecified atom stereocenters. The molecule has 2 amide bonds. The maximum atomic E-state index is 13.9. The number of benzene rings is 2. The van der Waals surface area contributed by atoms with E-state index in [4.69, 9.17) is 0 Å². The number of nitrogens with zero attached hydrogens (tertiary/aromatic N) is 1. The Morgan fingerprint density at radius 1 is 1.03 bits per heavy atom. The van der Waals surface area contributed by atoms with E-state index in [0.29, 0.717) is 15.6 Å². The van der Waals surface area contributed by atoms with Crippen molar-refractivity contribution in [1.29, 1.82) is 0 Å². The van der Waals surface area contributed by atoms with Crippen LogP contribution in [0.3, 0.4) is 0 Å². The Labute approximate surface area is 211 Å². The molecule has 0 radical (unpaired) electrons. The average Bonchev–Trinajstić information content (AvgIpc) is 3.31. The summed E-state index contributed by atoms with van der Waals surface area (Å²) in [4.78, 5) is 42.0. The van der Waals surface area contributed by atoms with Crippen LogP contribution >= 0.6 is 15.9 Å². The lowest BCUT2D eigenvalue weighted by molar-refractivity contribution is -0.152. The molecule has 2 aromatic rings. The van der Waals surface area contributed by atoms with Crippen molar-refractivity contribution in [3.63, 3.8) is 0 Å². The minimum atomic E-state index is -1.77. The number of carboxylic acids is 1. The number of carbonyl (C=O) groups is 3. The molecule has 2 saturated heterocycles. The van der Waals surface area contributed by atoms with Gasteiger partial charge in [0, 0.05) is 28.5 Å². The minimum absolute atomic E-state index is 0.0444. The van der Waals surface area contributed by atoms with Crippen LogP contribution in [0.15, 0.2) is 46.9 Å². The van der Waals surface area contributed by atoms with E-state index >= 15 is 0 Å². The van der Waals surface area contributed by atoms with Gasteiger partial charge in [-0.3, -0.25) is 24.6 Å². The van der Waals surface area contributed by atoms with Crippen LogP contribution in [-0.4, -0.2) is 49.6 Å². The first-order valence-electron chi connectivity index (χ1n) is 11.9. The van der Waals surface area contributed by atoms with Crippen LogP contribution < -0.4 is 5.32 Å². The van der Waals surface area contributed by atoms with Crippen molar-refractivity contribution >= 4 is 33.7 Å². The van der Waals surface area contributed by atoms with Gasteiger partial charge in [-0.2, -0.15) is 0 Å². The zero-order chi connectivity index (χ0) is 24.9. The third kappa shape index (κ3) is 3.90. The summed E-state index contributed by atoms with van der Waals surface area (Å²) >= 11 is 3.39. The van der Waals surface area contributed by atoms with Gasteiger partial charge in [0.05, 0.1) is 11.8 Å². The Hall–Kier alpha value is -2.91. The monoisotopic (exact) mass is 542 g/mol. The fourth-order valence-corrected chi connectivity index (χ4v) is 6.52. The molecule has 1 saturated carbocycles. The number of nitrogens with one attached hydrogen (secondary N) is 1. The molecule has 4 atom stereocenters. The summed E-state index contributed by atoms with van der Waals surface area (Å²) < 4.78 is 0.663. The Morgan fingerprint density at radius 2 is 1.71 bits per heavy atom. The van der Waals surface area contributed by atoms with Crippen LogP contribution in [0, 0.1) is 11.8 Å². The van der Waals surface area contributed by atoms with Gasteiger partial charge in [-0.25, -0.2) is 0 Å². The Balaban J connectivity index is 1.63. The highest BCUT2D eigenvalue weighted by Crippen LogP contribution is 2.52. The number of likely N-dealkylation sites (tertiary alicyclic amines) is 1. The zero-order valence-corrected chi connectivity index (χ0v) is 20.6. The van der Waals surface area contributed by atoms with Crippen molar-refractivity contribution in [1.82, 2.24) is 10.2 Å². The number of fused-ring (bicyclic) bond motifs is 1. The van der Waals surface area contributed by atoms with Crippen LogP contribution in [0.2, 0.25) is 0 Å². The van der Waals surface area contributed by atoms with E-state index < -0.39 is 35.3 Å². The Morgan fingerprint density at radius 3 is 2.37 bits per heavy atom. The summed E-state index contributed by atoms with van der Waals surface area (Å²) in [6, 6.07) is 9.85. The molecular weight excluding hydrogens is 516 g/mol. The topological polar surface area (TPSA) is 127 Å². The first kappa shape index (κ1) is 23.8. The maximum Gasteiger partial charge on any atom is 0.325 e. The molecule has 4 N–H and O–H groups in total. The predicted molar refractivity (Wildman–Crippen MR) is 130 cm³/mol. The molecule has 2 aliphatic heterocycles. The van der Waals surface area contributed by atoms with Crippen molar-refractivity contribution in [2.45, 2.75) is 56.1 Å². The summed E-state index contributed by atoms with van der Waals surface area (Å²) in [5.41, 5.74) is -0.793. The Kier molecular flexibility index (Phi) is 6.09. The summed E-state index contributed by atoms with van der Waals surface area (Å²) in [7, 11) is 0. The second-order valence-corrected chi connectivity index (χ2v) is 10.7. The highest BCUT2D eigenvalue weighted by atomic mass is 79.9. The Bertz CT molecular complexity index is 1180. The van der Waals surface area contributed by atoms with E-state index in [1.165, 1.54) is 23.1 Å². The van der Waals surface area contributed by atoms with E-state index in [1.807, 2.05) is 0 Å². The number of phenolic OH excluding ortho intramolecular Hbond substituents is 2. The molecule has 35 heavy (non-hydrogen) atoms. The van der Waals surface area contributed by atoms with Gasteiger partial charge in [0.15, 0.2) is 0 Å². The molecule has 5 rings (SSSR count). The van der Waals surface area contributed by atoms with Crippen molar-refractivity contribution in [2.75, 3.05) is 0 Å². The number of imide groups is 1. The molecule has 0 bridgehead atoms. The largest absolute Gasteiger partial charge is 0.508 e. The molecule has 9 heteroatoms. The summed E-state index contributed by atoms with van der Waals surface area (Å²) in [6.07, 6.45) is 4.26. The number of phenols is 2. The smallest absolute Gasteiger partial charge is 0.325 e. The number of amides is 2. The molecule has 3 aliphatic rings. The molecule has 8 nitrogen and oxygen atoms in total. The van der Waals surface area contributed by atoms with Gasteiger partial charge in [0.2, 0.25) is 11.8 Å². The van der Waals surface area contributed by atoms with E-state index in [-0.39, 0.29) is 29.9 Å². The molecule has 184 valence electrons. The summed E-state index contributed by atoms with van der Waals surface area (Å²) in [5.74, 6) is -4.20. The van der Waals surface area contributed by atoms with Gasteiger partial charge >= 0.3 is 5.97 Å². The second kappa shape index (κ2) is 8.95. The number of aliphatic carboxylic acids is 1. The predicted octanol–water partition coefficient (Wildman–Crippen LogP) is 3.50. The lowest BCUT2D eigenvalue weighted by atomic mass is 9.76. The number of hydrogen-bond donors (Lipinski definition) is 4. The van der Waals surface area contributed by atoms with Crippen molar-refractivity contribution in [2.24, 2.45) is 11.8 Å². The van der Waals surface area contributed by atoms with Crippen molar-refractivity contribution < 1.29 is 29.7 Å². The number of carboxylic acid groups (broad SMARTS) is 1. The van der Waals surface area contributed by atoms with Crippen LogP contribution in [0.1, 0.15) is 49.3 Å². The molecule has 2 heterocycles. The highest BCUT2D eigenvalue weighted by Gasteiger charge is 2.69. The number of halogens is 1. The zero-order valence-electron chi connectivity index (χ0n) is 19.0. The second-order valence-electron chi connectivity index (χ2n) is 9.79. The van der Waals surface area contributed by atoms with Gasteiger partial charge in [0.25, 0.3) is 0 Å². The standard InChI is InChI=1S/C26H27BrN2O6/c27-15-8-11-19(31)18(12-15)22-20-21(24(33)29(23(20)32)16-4-2-1-3-5-16)26(28-22,25(34)35)13-14-6-9-17(30)10-7-14/h6-12,16,20-22,28,30-31H,1-5,13H2,(H,34,35). The molecule has 1 aliphatic carbocycles. The molecule has 0 aromatic heterocycles. The van der Waals surface area contributed by atoms with Gasteiger partial charge in [-0.15, -0.1) is 0 Å². The van der Waals surface area contributed by atoms with Gasteiger partial charge < -0.3 is 15.3 Å². The van der Waals surface area contributed by atoms with Gasteiger partial charge in [-0.05, 0) is 48.7 Å². The molecular formula is C26H27BrN2O6. The average molecular weight is 543 g/mol. The fraction of sp³-hybridized carbons (Fsp3) is 0.423. The maximum absolute atomic E-state index is 13.9. The van der Waals surface area contributed by atoms with Crippen LogP contribution in [0.25, 0.3) is 0 Å². The summed E-state index contributed by atoms with van der Waals surface area (Å²) in [5, 5.41) is 34.0. The lowest BCUT2D eigenvalue weighted by Gasteiger charge is -2.34. The normalized spacial score (nSPS) is 28.9. The number of hydrogen-bond acceptors (Lipinski definition) is 6. The third-order valence-corrected chi connectivity index (χ3v) is 8.25. The van der Waals surface area contributed by atoms with Gasteiger partial charge in [-0.1, -0.05) is 47.3 Å². The number of carbonyl (C=O) groups excluding carboxylic acids is 2. The fourth-order valence-electron chi connectivity index (χ4n) is 6.14. The van der Waals surface area contributed by atoms with Crippen LogP contribution in [0.5, 0.6) is 11.5 Å². The molecule has 2 aromatic carbocycles. The first-order valence-corrected chi connectivity index (χ1v) is 12.7. The van der Waals surface area contributed by atoms with Crippen molar-refractivity contribution in [3.8, 4) is 11.5 Å². The van der Waals surface area contributed by atoms with E-state index in [0.717, 1.165) is 32.1 Å². The molecule has 0 spiro atoms. The van der Waals surface area contributed by atoms with Crippen LogP contribution in [0.4, 0.5) is 0 Å². The minimum Gasteiger partial charge on any atom is -0.508 e. The molecule has 3 fully saturated rings. The van der Waals surface area contributed by atoms with E-state index in [2.05, 4.69) is 21.2 Å². The number of rotatable bonds is 5. The first-order chi connectivity index (χ1) is 16.7.